The van der Waals surface area contributed by atoms with Gasteiger partial charge < -0.3 is 0 Å². The summed E-state index contributed by atoms with van der Waals surface area (Å²) >= 11 is 0. The number of anilines is 2. The summed E-state index contributed by atoms with van der Waals surface area (Å²) in [7, 11) is -11.9. The highest BCUT2D eigenvalue weighted by molar-refractivity contribution is 7.93. The first-order valence-corrected chi connectivity index (χ1v) is 14.6. The van der Waals surface area contributed by atoms with Gasteiger partial charge >= 0.3 is 0 Å². The number of hydrogen-bond acceptors (Lipinski definition) is 6. The monoisotopic (exact) mass is 528 g/mol. The molecule has 0 spiro atoms. The summed E-state index contributed by atoms with van der Waals surface area (Å²) in [5.74, 6) is 0. The van der Waals surface area contributed by atoms with Crippen LogP contribution in [0.1, 0.15) is 0 Å². The lowest BCUT2D eigenvalue weighted by atomic mass is 10.3. The topological polar surface area (TPSA) is 126 Å². The molecule has 0 saturated heterocycles. The molecule has 4 aromatic rings. The van der Waals surface area contributed by atoms with Crippen LogP contribution in [0, 0.1) is 0 Å². The number of hydrogen-bond donors (Lipinski definition) is 2. The zero-order valence-electron chi connectivity index (χ0n) is 18.1. The molecule has 8 nitrogen and oxygen atoms in total. The van der Waals surface area contributed by atoms with E-state index in [0.717, 1.165) is 0 Å². The summed E-state index contributed by atoms with van der Waals surface area (Å²) in [5.41, 5.74) is 0.131. The van der Waals surface area contributed by atoms with Crippen molar-refractivity contribution in [2.45, 2.75) is 19.6 Å². The molecule has 2 N–H and O–H groups in total. The van der Waals surface area contributed by atoms with Crippen LogP contribution in [0.25, 0.3) is 0 Å². The molecule has 0 atom stereocenters. The van der Waals surface area contributed by atoms with Crippen molar-refractivity contribution in [3.05, 3.63) is 109 Å². The van der Waals surface area contributed by atoms with Crippen LogP contribution in [0.3, 0.4) is 0 Å². The summed E-state index contributed by atoms with van der Waals surface area (Å²) in [4.78, 5) is -0.249. The molecule has 0 aliphatic rings. The highest BCUT2D eigenvalue weighted by Gasteiger charge is 2.21. The molecule has 180 valence electrons. The number of rotatable bonds is 8. The van der Waals surface area contributed by atoms with E-state index in [4.69, 9.17) is 0 Å². The van der Waals surface area contributed by atoms with Gasteiger partial charge in [0, 0.05) is 0 Å². The molecule has 0 aromatic heterocycles. The average molecular weight is 529 g/mol. The van der Waals surface area contributed by atoms with Gasteiger partial charge in [0.1, 0.15) is 0 Å². The van der Waals surface area contributed by atoms with Crippen molar-refractivity contribution in [1.82, 2.24) is 0 Å². The molecule has 11 heteroatoms. The van der Waals surface area contributed by atoms with Gasteiger partial charge in [-0.05, 0) is 60.7 Å². The van der Waals surface area contributed by atoms with Gasteiger partial charge in [-0.3, -0.25) is 9.44 Å². The Morgan fingerprint density at radius 2 is 0.743 bits per heavy atom. The minimum absolute atomic E-state index is 0.0339. The standard InChI is InChI=1S/C24H20N2O6S3/c27-33(28,23-15-7-9-19(17-23)25-34(29,30)21-11-3-1-4-12-21)24-16-8-10-20(18-24)26-35(31,32)22-13-5-2-6-14-22/h1-18,25-26H. The van der Waals surface area contributed by atoms with Crippen LogP contribution < -0.4 is 9.44 Å². The Labute approximate surface area is 204 Å². The molecule has 35 heavy (non-hydrogen) atoms. The van der Waals surface area contributed by atoms with Gasteiger partial charge in [0.2, 0.25) is 9.84 Å². The van der Waals surface area contributed by atoms with E-state index in [-0.39, 0.29) is 31.0 Å². The first kappa shape index (κ1) is 24.5. The molecule has 0 heterocycles. The van der Waals surface area contributed by atoms with Crippen LogP contribution in [0.5, 0.6) is 0 Å². The molecule has 0 aliphatic carbocycles. The van der Waals surface area contributed by atoms with Gasteiger partial charge in [-0.1, -0.05) is 48.5 Å². The molecule has 4 rings (SSSR count). The van der Waals surface area contributed by atoms with Gasteiger partial charge in [0.25, 0.3) is 20.0 Å². The quantitative estimate of drug-likeness (QED) is 0.354. The van der Waals surface area contributed by atoms with Crippen LogP contribution in [-0.4, -0.2) is 25.3 Å². The normalized spacial score (nSPS) is 12.1. The van der Waals surface area contributed by atoms with Gasteiger partial charge in [-0.15, -0.1) is 0 Å². The SMILES string of the molecule is O=S(=O)(Nc1cccc(S(=O)(=O)c2cccc(NS(=O)(=O)c3ccccc3)c2)c1)c1ccccc1. The van der Waals surface area contributed by atoms with Crippen LogP contribution >= 0.6 is 0 Å². The Morgan fingerprint density at radius 1 is 0.400 bits per heavy atom. The number of nitrogens with one attached hydrogen (secondary N) is 2. The lowest BCUT2D eigenvalue weighted by molar-refractivity contribution is 0.594. The van der Waals surface area contributed by atoms with Crippen LogP contribution in [0.4, 0.5) is 11.4 Å². The van der Waals surface area contributed by atoms with Gasteiger partial charge in [0.15, 0.2) is 0 Å². The predicted molar refractivity (Wildman–Crippen MR) is 133 cm³/mol. The smallest absolute Gasteiger partial charge is 0.261 e. The van der Waals surface area contributed by atoms with Crippen molar-refractivity contribution >= 4 is 41.3 Å². The second kappa shape index (κ2) is 9.53. The largest absolute Gasteiger partial charge is 0.280 e. The van der Waals surface area contributed by atoms with E-state index >= 15 is 0 Å². The van der Waals surface area contributed by atoms with Crippen molar-refractivity contribution in [1.29, 1.82) is 0 Å². The minimum atomic E-state index is -4.09. The van der Waals surface area contributed by atoms with E-state index in [1.165, 1.54) is 72.8 Å². The first-order valence-electron chi connectivity index (χ1n) is 10.2. The van der Waals surface area contributed by atoms with Crippen molar-refractivity contribution in [2.24, 2.45) is 0 Å². The second-order valence-corrected chi connectivity index (χ2v) is 12.7. The van der Waals surface area contributed by atoms with Crippen LogP contribution in [0.2, 0.25) is 0 Å². The Hall–Kier alpha value is -3.67. The van der Waals surface area contributed by atoms with E-state index in [1.54, 1.807) is 36.4 Å². The Kier molecular flexibility index (Phi) is 6.66. The first-order chi connectivity index (χ1) is 16.6. The number of benzene rings is 4. The van der Waals surface area contributed by atoms with Crippen molar-refractivity contribution < 1.29 is 25.3 Å². The second-order valence-electron chi connectivity index (χ2n) is 7.40. The summed E-state index contributed by atoms with van der Waals surface area (Å²) < 4.78 is 81.7. The van der Waals surface area contributed by atoms with Gasteiger partial charge in [-0.2, -0.15) is 0 Å². The lowest BCUT2D eigenvalue weighted by Gasteiger charge is -2.12. The summed E-state index contributed by atoms with van der Waals surface area (Å²) in [6, 6.07) is 26.1. The highest BCUT2D eigenvalue weighted by Crippen LogP contribution is 2.27. The zero-order valence-corrected chi connectivity index (χ0v) is 20.5. The third-order valence-electron chi connectivity index (χ3n) is 4.90. The number of sulfone groups is 1. The molecule has 0 fully saturated rings. The maximum Gasteiger partial charge on any atom is 0.261 e. The Bertz CT molecular complexity index is 1550. The maximum absolute atomic E-state index is 13.3. The molecule has 0 bridgehead atoms. The maximum atomic E-state index is 13.3. The van der Waals surface area contributed by atoms with E-state index < -0.39 is 29.9 Å². The fourth-order valence-electron chi connectivity index (χ4n) is 3.22. The molecule has 0 unspecified atom stereocenters. The van der Waals surface area contributed by atoms with E-state index in [1.807, 2.05) is 0 Å². The summed E-state index contributed by atoms with van der Waals surface area (Å²) in [6.07, 6.45) is 0. The van der Waals surface area contributed by atoms with Crippen molar-refractivity contribution in [3.63, 3.8) is 0 Å². The molecular weight excluding hydrogens is 508 g/mol. The average Bonchev–Trinajstić information content (AvgIpc) is 2.85. The molecule has 0 radical (unpaired) electrons. The Morgan fingerprint density at radius 3 is 1.11 bits per heavy atom. The van der Waals surface area contributed by atoms with Gasteiger partial charge in [0.05, 0.1) is 31.0 Å². The van der Waals surface area contributed by atoms with Crippen molar-refractivity contribution in [3.8, 4) is 0 Å². The predicted octanol–water partition coefficient (Wildman–Crippen LogP) is 4.12. The molecule has 4 aromatic carbocycles. The summed E-state index contributed by atoms with van der Waals surface area (Å²) in [6.45, 7) is 0. The molecule has 0 amide bonds. The third-order valence-corrected chi connectivity index (χ3v) is 9.44. The van der Waals surface area contributed by atoms with Crippen LogP contribution in [0.15, 0.2) is 129 Å². The fourth-order valence-corrected chi connectivity index (χ4v) is 6.71. The molecule has 0 aliphatic heterocycles. The fraction of sp³-hybridized carbons (Fsp3) is 0. The highest BCUT2D eigenvalue weighted by atomic mass is 32.2. The van der Waals surface area contributed by atoms with Crippen LogP contribution in [-0.2, 0) is 29.9 Å². The van der Waals surface area contributed by atoms with E-state index in [0.29, 0.717) is 0 Å². The number of sulfonamides is 2. The Balaban J connectivity index is 1.62. The zero-order chi connectivity index (χ0) is 25.1. The summed E-state index contributed by atoms with van der Waals surface area (Å²) in [5, 5.41) is 0. The lowest BCUT2D eigenvalue weighted by Crippen LogP contribution is -2.14. The van der Waals surface area contributed by atoms with E-state index in [9.17, 15) is 25.3 Å². The molecular formula is C24H20N2O6S3. The van der Waals surface area contributed by atoms with E-state index in [2.05, 4.69) is 9.44 Å². The van der Waals surface area contributed by atoms with Crippen molar-refractivity contribution in [2.75, 3.05) is 9.44 Å². The third kappa shape index (κ3) is 5.53. The van der Waals surface area contributed by atoms with Gasteiger partial charge in [-0.25, -0.2) is 25.3 Å². The molecule has 0 saturated carbocycles. The minimum Gasteiger partial charge on any atom is -0.280 e.